The van der Waals surface area contributed by atoms with Crippen LogP contribution in [0, 0.1) is 0 Å². The van der Waals surface area contributed by atoms with Crippen molar-refractivity contribution in [3.8, 4) is 90.1 Å². The lowest BCUT2D eigenvalue weighted by Gasteiger charge is -2.13. The molecule has 0 fully saturated rings. The number of hydrogen-bond acceptors (Lipinski definition) is 5. The van der Waals surface area contributed by atoms with Crippen LogP contribution >= 0.6 is 11.3 Å². The van der Waals surface area contributed by atoms with Crippen LogP contribution in [0.1, 0.15) is 0 Å². The molecule has 0 amide bonds. The zero-order chi connectivity index (χ0) is 40.5. The van der Waals surface area contributed by atoms with E-state index in [0.717, 1.165) is 67.3 Å². The average molecular weight is 797 g/mol. The molecular formula is C56H36N4S. The second-order valence-corrected chi connectivity index (χ2v) is 16.1. The van der Waals surface area contributed by atoms with Gasteiger partial charge in [-0.05, 0) is 52.6 Å². The lowest BCUT2D eigenvalue weighted by Crippen LogP contribution is -1.96. The molecule has 0 aliphatic carbocycles. The lowest BCUT2D eigenvalue weighted by atomic mass is 9.93. The van der Waals surface area contributed by atoms with Crippen LogP contribution < -0.4 is 0 Å². The number of nitrogens with zero attached hydrogens (tertiary/aromatic N) is 4. The van der Waals surface area contributed by atoms with Gasteiger partial charge in [0.15, 0.2) is 11.6 Å². The monoisotopic (exact) mass is 796 g/mol. The van der Waals surface area contributed by atoms with E-state index in [9.17, 15) is 0 Å². The number of thiophene rings is 1. The summed E-state index contributed by atoms with van der Waals surface area (Å²) < 4.78 is 2.50. The molecule has 8 aromatic carbocycles. The molecule has 286 valence electrons. The van der Waals surface area contributed by atoms with E-state index in [2.05, 4.69) is 170 Å². The van der Waals surface area contributed by atoms with Crippen LogP contribution in [0.25, 0.3) is 110 Å². The Kier molecular flexibility index (Phi) is 9.34. The van der Waals surface area contributed by atoms with Crippen LogP contribution in [0.4, 0.5) is 0 Å². The largest absolute Gasteiger partial charge is 0.228 e. The second-order valence-electron chi connectivity index (χ2n) is 15.0. The van der Waals surface area contributed by atoms with E-state index in [1.54, 1.807) is 0 Å². The van der Waals surface area contributed by atoms with Gasteiger partial charge in [0.05, 0.1) is 22.8 Å². The first kappa shape index (κ1) is 36.2. The van der Waals surface area contributed by atoms with Crippen LogP contribution in [-0.2, 0) is 0 Å². The van der Waals surface area contributed by atoms with Crippen LogP contribution in [-0.4, -0.2) is 19.9 Å². The van der Waals surface area contributed by atoms with Gasteiger partial charge in [0.25, 0.3) is 0 Å². The van der Waals surface area contributed by atoms with E-state index in [-0.39, 0.29) is 0 Å². The maximum Gasteiger partial charge on any atom is 0.160 e. The van der Waals surface area contributed by atoms with Crippen LogP contribution in [0.5, 0.6) is 0 Å². The van der Waals surface area contributed by atoms with Crippen molar-refractivity contribution in [1.29, 1.82) is 0 Å². The number of benzene rings is 8. The Bertz CT molecular complexity index is 3230. The molecule has 5 heteroatoms. The molecule has 0 unspecified atom stereocenters. The predicted molar refractivity (Wildman–Crippen MR) is 254 cm³/mol. The summed E-state index contributed by atoms with van der Waals surface area (Å²) in [4.78, 5) is 20.4. The van der Waals surface area contributed by atoms with Gasteiger partial charge in [-0.3, -0.25) is 0 Å². The zero-order valence-corrected chi connectivity index (χ0v) is 33.8. The molecule has 0 radical (unpaired) electrons. The van der Waals surface area contributed by atoms with E-state index in [1.165, 1.54) is 31.3 Å². The fraction of sp³-hybridized carbons (Fsp3) is 0. The first-order chi connectivity index (χ1) is 30.2. The van der Waals surface area contributed by atoms with Gasteiger partial charge in [-0.25, -0.2) is 19.9 Å². The summed E-state index contributed by atoms with van der Waals surface area (Å²) in [6.07, 6.45) is 0. The summed E-state index contributed by atoms with van der Waals surface area (Å²) in [6.45, 7) is 0. The van der Waals surface area contributed by atoms with E-state index < -0.39 is 0 Å². The maximum absolute atomic E-state index is 5.15. The smallest absolute Gasteiger partial charge is 0.160 e. The molecule has 0 aliphatic heterocycles. The van der Waals surface area contributed by atoms with Crippen molar-refractivity contribution in [2.75, 3.05) is 0 Å². The highest BCUT2D eigenvalue weighted by atomic mass is 32.1. The highest BCUT2D eigenvalue weighted by Gasteiger charge is 2.18. The molecular weight excluding hydrogens is 761 g/mol. The molecule has 11 aromatic rings. The normalized spacial score (nSPS) is 11.3. The van der Waals surface area contributed by atoms with Gasteiger partial charge < -0.3 is 0 Å². The summed E-state index contributed by atoms with van der Waals surface area (Å²) >= 11 is 1.85. The molecule has 0 bridgehead atoms. The Morgan fingerprint density at radius 3 is 1.16 bits per heavy atom. The highest BCUT2D eigenvalue weighted by Crippen LogP contribution is 2.46. The Morgan fingerprint density at radius 1 is 0.279 bits per heavy atom. The summed E-state index contributed by atoms with van der Waals surface area (Å²) in [5.74, 6) is 1.41. The third-order valence-corrected chi connectivity index (χ3v) is 12.3. The van der Waals surface area contributed by atoms with Gasteiger partial charge in [-0.15, -0.1) is 11.3 Å². The van der Waals surface area contributed by atoms with Gasteiger partial charge in [0.2, 0.25) is 0 Å². The Morgan fingerprint density at radius 2 is 0.656 bits per heavy atom. The number of rotatable bonds is 8. The van der Waals surface area contributed by atoms with Gasteiger partial charge in [0.1, 0.15) is 0 Å². The van der Waals surface area contributed by atoms with Crippen molar-refractivity contribution in [2.24, 2.45) is 0 Å². The number of fused-ring (bicyclic) bond motifs is 3. The average Bonchev–Trinajstić information content (AvgIpc) is 3.74. The van der Waals surface area contributed by atoms with Gasteiger partial charge in [-0.1, -0.05) is 188 Å². The minimum absolute atomic E-state index is 0.703. The summed E-state index contributed by atoms with van der Waals surface area (Å²) in [5, 5.41) is 2.49. The molecule has 0 saturated carbocycles. The highest BCUT2D eigenvalue weighted by molar-refractivity contribution is 7.26. The molecule has 3 aromatic heterocycles. The standard InChI is InChI=1S/C56H36N4S/c1-5-17-37(18-6-1)48-35-50(59-55(57-48)39-21-9-3-10-22-39)43-27-15-25-41(33-43)45-31-32-46(54-53(45)47-29-13-14-30-52(47)61-54)42-26-16-28-44(34-42)51-36-49(38-19-7-2-8-20-38)58-56(60-51)40-23-11-4-12-24-40/h1-36H. The first-order valence-electron chi connectivity index (χ1n) is 20.4. The third-order valence-electron chi connectivity index (χ3n) is 11.1. The van der Waals surface area contributed by atoms with Gasteiger partial charge in [-0.2, -0.15) is 0 Å². The molecule has 3 heterocycles. The molecule has 0 saturated heterocycles. The molecule has 0 spiro atoms. The second kappa shape index (κ2) is 15.7. The number of hydrogen-bond donors (Lipinski definition) is 0. The van der Waals surface area contributed by atoms with Crippen molar-refractivity contribution < 1.29 is 0 Å². The Balaban J connectivity index is 1.04. The summed E-state index contributed by atoms with van der Waals surface area (Å²) in [6, 6.07) is 76.2. The molecule has 11 rings (SSSR count). The Hall–Kier alpha value is -7.86. The van der Waals surface area contributed by atoms with Gasteiger partial charge >= 0.3 is 0 Å². The van der Waals surface area contributed by atoms with E-state index in [4.69, 9.17) is 19.9 Å². The minimum atomic E-state index is 0.703. The first-order valence-corrected chi connectivity index (χ1v) is 21.2. The predicted octanol–water partition coefficient (Wildman–Crippen LogP) is 15.0. The number of aromatic nitrogens is 4. The third kappa shape index (κ3) is 7.07. The minimum Gasteiger partial charge on any atom is -0.228 e. The van der Waals surface area contributed by atoms with Crippen LogP contribution in [0.15, 0.2) is 218 Å². The molecule has 0 aliphatic rings. The zero-order valence-electron chi connectivity index (χ0n) is 33.0. The van der Waals surface area contributed by atoms with Crippen molar-refractivity contribution in [2.45, 2.75) is 0 Å². The maximum atomic E-state index is 5.15. The fourth-order valence-electron chi connectivity index (χ4n) is 8.12. The van der Waals surface area contributed by atoms with Crippen molar-refractivity contribution in [1.82, 2.24) is 19.9 Å². The van der Waals surface area contributed by atoms with E-state index >= 15 is 0 Å². The van der Waals surface area contributed by atoms with Crippen molar-refractivity contribution in [3.63, 3.8) is 0 Å². The summed E-state index contributed by atoms with van der Waals surface area (Å²) in [7, 11) is 0. The molecule has 4 nitrogen and oxygen atoms in total. The molecule has 61 heavy (non-hydrogen) atoms. The quantitative estimate of drug-likeness (QED) is 0.154. The van der Waals surface area contributed by atoms with Crippen molar-refractivity contribution >= 4 is 31.5 Å². The Labute approximate surface area is 358 Å². The molecule has 0 atom stereocenters. The summed E-state index contributed by atoms with van der Waals surface area (Å²) in [5.41, 5.74) is 14.3. The van der Waals surface area contributed by atoms with E-state index in [1.807, 2.05) is 59.9 Å². The van der Waals surface area contributed by atoms with Crippen molar-refractivity contribution in [3.05, 3.63) is 218 Å². The lowest BCUT2D eigenvalue weighted by molar-refractivity contribution is 1.18. The van der Waals surface area contributed by atoms with Gasteiger partial charge in [0, 0.05) is 53.6 Å². The van der Waals surface area contributed by atoms with Crippen LogP contribution in [0.3, 0.4) is 0 Å². The topological polar surface area (TPSA) is 51.6 Å². The molecule has 0 N–H and O–H groups in total. The van der Waals surface area contributed by atoms with Crippen LogP contribution in [0.2, 0.25) is 0 Å². The fourth-order valence-corrected chi connectivity index (χ4v) is 9.39. The SMILES string of the molecule is c1ccc(-c2cc(-c3cccc(-c4ccc(-c5cccc(-c6cc(-c7ccccc7)nc(-c7ccccc7)n6)c5)c5c4sc4ccccc45)c3)nc(-c3ccccc3)n2)cc1. The van der Waals surface area contributed by atoms with E-state index in [0.29, 0.717) is 11.6 Å².